The molecule has 0 spiro atoms. The SMILES string of the molecule is CC(C)(C)[Si](C)(C)O[C@H](C[C@@H](c1ccccc1I)N1C=CNC1)C1CCCCC1. The number of hydrogen-bond acceptors (Lipinski definition) is 3. The van der Waals surface area contributed by atoms with Gasteiger partial charge in [0.1, 0.15) is 0 Å². The van der Waals surface area contributed by atoms with Crippen LogP contribution in [0.5, 0.6) is 0 Å². The maximum atomic E-state index is 7.16. The summed E-state index contributed by atoms with van der Waals surface area (Å²) in [6, 6.07) is 9.22. The van der Waals surface area contributed by atoms with Crippen LogP contribution < -0.4 is 5.32 Å². The van der Waals surface area contributed by atoms with Gasteiger partial charge in [0.2, 0.25) is 0 Å². The quantitative estimate of drug-likeness (QED) is 0.305. The summed E-state index contributed by atoms with van der Waals surface area (Å²) >= 11 is 2.50. The normalized spacial score (nSPS) is 20.6. The lowest BCUT2D eigenvalue weighted by Crippen LogP contribution is -2.47. The molecule has 0 amide bonds. The fourth-order valence-corrected chi connectivity index (χ4v) is 6.52. The number of benzene rings is 1. The lowest BCUT2D eigenvalue weighted by Gasteiger charge is -2.44. The van der Waals surface area contributed by atoms with Crippen molar-refractivity contribution in [3.05, 3.63) is 45.8 Å². The highest BCUT2D eigenvalue weighted by Crippen LogP contribution is 2.42. The molecule has 0 unspecified atom stereocenters. The molecule has 1 aliphatic heterocycles. The molecule has 0 radical (unpaired) electrons. The van der Waals surface area contributed by atoms with Crippen LogP contribution in [0.2, 0.25) is 18.1 Å². The summed E-state index contributed by atoms with van der Waals surface area (Å²) in [4.78, 5) is 2.46. The maximum absolute atomic E-state index is 7.16. The third kappa shape index (κ3) is 5.79. The van der Waals surface area contributed by atoms with Crippen molar-refractivity contribution in [2.75, 3.05) is 6.67 Å². The highest BCUT2D eigenvalue weighted by atomic mass is 127. The number of halogens is 1. The fourth-order valence-electron chi connectivity index (χ4n) is 4.38. The van der Waals surface area contributed by atoms with E-state index in [4.69, 9.17) is 4.43 Å². The Kier molecular flexibility index (Phi) is 7.76. The molecule has 3 rings (SSSR count). The zero-order valence-electron chi connectivity index (χ0n) is 18.9. The Bertz CT molecular complexity index is 694. The van der Waals surface area contributed by atoms with E-state index < -0.39 is 8.32 Å². The van der Waals surface area contributed by atoms with Gasteiger partial charge in [-0.15, -0.1) is 0 Å². The average molecular weight is 527 g/mol. The summed E-state index contributed by atoms with van der Waals surface area (Å²) in [5.41, 5.74) is 1.43. The van der Waals surface area contributed by atoms with Gasteiger partial charge in [-0.1, -0.05) is 58.2 Å². The summed E-state index contributed by atoms with van der Waals surface area (Å²) in [5.74, 6) is 0.696. The van der Waals surface area contributed by atoms with Crippen LogP contribution in [0.1, 0.15) is 70.9 Å². The van der Waals surface area contributed by atoms with E-state index in [0.29, 0.717) is 18.1 Å². The van der Waals surface area contributed by atoms with Crippen LogP contribution in [0.15, 0.2) is 36.7 Å². The van der Waals surface area contributed by atoms with Crippen LogP contribution in [0.25, 0.3) is 0 Å². The molecule has 162 valence electrons. The fraction of sp³-hybridized carbons (Fsp3) is 0.667. The third-order valence-electron chi connectivity index (χ3n) is 7.21. The zero-order chi connectivity index (χ0) is 21.1. The van der Waals surface area contributed by atoms with Crippen LogP contribution in [0.3, 0.4) is 0 Å². The molecule has 1 saturated carbocycles. The Morgan fingerprint density at radius 1 is 1.17 bits per heavy atom. The number of rotatable bonds is 7. The lowest BCUT2D eigenvalue weighted by atomic mass is 9.82. The lowest BCUT2D eigenvalue weighted by molar-refractivity contribution is 0.0623. The molecule has 1 aromatic rings. The Labute approximate surface area is 192 Å². The van der Waals surface area contributed by atoms with Crippen molar-refractivity contribution >= 4 is 30.9 Å². The van der Waals surface area contributed by atoms with Gasteiger partial charge in [0.25, 0.3) is 0 Å². The smallest absolute Gasteiger partial charge is 0.192 e. The Hall–Kier alpha value is -0.533. The molecule has 0 aromatic heterocycles. The van der Waals surface area contributed by atoms with E-state index in [1.54, 1.807) is 0 Å². The van der Waals surface area contributed by atoms with E-state index in [-0.39, 0.29) is 5.04 Å². The van der Waals surface area contributed by atoms with E-state index in [2.05, 4.69) is 103 Å². The van der Waals surface area contributed by atoms with Crippen molar-refractivity contribution in [1.82, 2.24) is 10.2 Å². The van der Waals surface area contributed by atoms with Gasteiger partial charge >= 0.3 is 0 Å². The van der Waals surface area contributed by atoms with Gasteiger partial charge in [-0.05, 0) is 77.5 Å². The second kappa shape index (κ2) is 9.73. The standard InChI is InChI=1S/C24H39IN2OSi/c1-24(2,3)29(4,5)28-23(19-11-7-6-8-12-19)17-22(27-16-15-26-18-27)20-13-9-10-14-21(20)25/h9-10,13-16,19,22-23,26H,6-8,11-12,17-18H2,1-5H3/t22-,23+/m0/s1. The van der Waals surface area contributed by atoms with E-state index >= 15 is 0 Å². The molecule has 1 heterocycles. The summed E-state index contributed by atoms with van der Waals surface area (Å²) in [5, 5.41) is 3.62. The maximum Gasteiger partial charge on any atom is 0.192 e. The largest absolute Gasteiger partial charge is 0.414 e. The molecular formula is C24H39IN2OSi. The number of nitrogens with one attached hydrogen (secondary N) is 1. The molecule has 2 aliphatic rings. The van der Waals surface area contributed by atoms with Crippen LogP contribution in [0, 0.1) is 9.49 Å². The van der Waals surface area contributed by atoms with Gasteiger partial charge in [-0.2, -0.15) is 0 Å². The molecule has 2 atom stereocenters. The first-order valence-electron chi connectivity index (χ1n) is 11.3. The van der Waals surface area contributed by atoms with Crippen molar-refractivity contribution in [1.29, 1.82) is 0 Å². The molecule has 1 fully saturated rings. The number of hydrogen-bond donors (Lipinski definition) is 1. The summed E-state index contributed by atoms with van der Waals surface area (Å²) in [7, 11) is -1.83. The minimum Gasteiger partial charge on any atom is -0.414 e. The van der Waals surface area contributed by atoms with Gasteiger partial charge < -0.3 is 14.6 Å². The molecule has 29 heavy (non-hydrogen) atoms. The summed E-state index contributed by atoms with van der Waals surface area (Å²) in [6.07, 6.45) is 12.5. The van der Waals surface area contributed by atoms with Gasteiger partial charge in [0.05, 0.1) is 18.8 Å². The first kappa shape index (κ1) is 23.1. The molecule has 5 heteroatoms. The van der Waals surface area contributed by atoms with E-state index in [9.17, 15) is 0 Å². The monoisotopic (exact) mass is 526 g/mol. The second-order valence-electron chi connectivity index (χ2n) is 10.3. The first-order valence-corrected chi connectivity index (χ1v) is 15.3. The van der Waals surface area contributed by atoms with Gasteiger partial charge in [-0.3, -0.25) is 0 Å². The van der Waals surface area contributed by atoms with Crippen molar-refractivity contribution < 1.29 is 4.43 Å². The van der Waals surface area contributed by atoms with Crippen molar-refractivity contribution in [3.8, 4) is 0 Å². The van der Waals surface area contributed by atoms with Gasteiger partial charge in [0, 0.05) is 16.0 Å². The molecule has 0 saturated heterocycles. The first-order chi connectivity index (χ1) is 13.7. The van der Waals surface area contributed by atoms with Crippen molar-refractivity contribution in [3.63, 3.8) is 0 Å². The topological polar surface area (TPSA) is 24.5 Å². The molecule has 1 aromatic carbocycles. The van der Waals surface area contributed by atoms with E-state index in [0.717, 1.165) is 13.1 Å². The highest BCUT2D eigenvalue weighted by Gasteiger charge is 2.42. The van der Waals surface area contributed by atoms with Gasteiger partial charge in [0.15, 0.2) is 8.32 Å². The zero-order valence-corrected chi connectivity index (χ0v) is 22.0. The molecule has 0 bridgehead atoms. The Morgan fingerprint density at radius 2 is 1.86 bits per heavy atom. The second-order valence-corrected chi connectivity index (χ2v) is 16.2. The Balaban J connectivity index is 1.90. The third-order valence-corrected chi connectivity index (χ3v) is 12.7. The molecule has 1 aliphatic carbocycles. The summed E-state index contributed by atoms with van der Waals surface area (Å²) in [6.45, 7) is 12.8. The molecular weight excluding hydrogens is 487 g/mol. The molecule has 3 nitrogen and oxygen atoms in total. The highest BCUT2D eigenvalue weighted by molar-refractivity contribution is 14.1. The molecule has 1 N–H and O–H groups in total. The van der Waals surface area contributed by atoms with E-state index in [1.807, 2.05) is 0 Å². The minimum absolute atomic E-state index is 0.242. The number of nitrogens with zero attached hydrogens (tertiary/aromatic N) is 1. The van der Waals surface area contributed by atoms with E-state index in [1.165, 1.54) is 41.2 Å². The van der Waals surface area contributed by atoms with Crippen LogP contribution in [-0.2, 0) is 4.43 Å². The van der Waals surface area contributed by atoms with Crippen molar-refractivity contribution in [2.24, 2.45) is 5.92 Å². The average Bonchev–Trinajstić information content (AvgIpc) is 3.20. The minimum atomic E-state index is -1.83. The predicted molar refractivity (Wildman–Crippen MR) is 134 cm³/mol. The predicted octanol–water partition coefficient (Wildman–Crippen LogP) is 7.03. The summed E-state index contributed by atoms with van der Waals surface area (Å²) < 4.78 is 8.51. The van der Waals surface area contributed by atoms with Crippen molar-refractivity contribution in [2.45, 2.75) is 89.6 Å². The van der Waals surface area contributed by atoms with Crippen LogP contribution >= 0.6 is 22.6 Å². The van der Waals surface area contributed by atoms with Gasteiger partial charge in [-0.25, -0.2) is 0 Å². The van der Waals surface area contributed by atoms with Crippen LogP contribution in [-0.4, -0.2) is 26.0 Å². The van der Waals surface area contributed by atoms with Crippen LogP contribution in [0.4, 0.5) is 0 Å². The Morgan fingerprint density at radius 3 is 2.45 bits per heavy atom.